The second-order valence-electron chi connectivity index (χ2n) is 3.12. The van der Waals surface area contributed by atoms with Crippen molar-refractivity contribution in [3.05, 3.63) is 18.2 Å². The molecule has 1 amide bonds. The van der Waals surface area contributed by atoms with E-state index < -0.39 is 12.0 Å². The van der Waals surface area contributed by atoms with Gasteiger partial charge in [0, 0.05) is 13.6 Å². The highest BCUT2D eigenvalue weighted by Crippen LogP contribution is 2.18. The number of aliphatic carboxylic acids is 1. The number of aromatic nitrogens is 2. The number of amides is 1. The minimum atomic E-state index is -1.07. The Hall–Kier alpha value is -1.85. The molecule has 0 spiro atoms. The van der Waals surface area contributed by atoms with E-state index in [1.54, 1.807) is 10.9 Å². The van der Waals surface area contributed by atoms with Crippen LogP contribution < -0.4 is 0 Å². The van der Waals surface area contributed by atoms with Gasteiger partial charge in [0.05, 0.1) is 18.2 Å². The highest BCUT2D eigenvalue weighted by atomic mass is 16.4. The maximum Gasteiger partial charge on any atom is 0.332 e. The number of carboxylic acids is 1. The molecule has 15 heavy (non-hydrogen) atoms. The molecule has 0 aliphatic rings. The Kier molecular flexibility index (Phi) is 3.43. The van der Waals surface area contributed by atoms with Gasteiger partial charge in [0.1, 0.15) is 0 Å². The van der Waals surface area contributed by atoms with Crippen LogP contribution in [0.15, 0.2) is 12.5 Å². The third-order valence-electron chi connectivity index (χ3n) is 2.17. The van der Waals surface area contributed by atoms with Gasteiger partial charge in [-0.1, -0.05) is 0 Å². The van der Waals surface area contributed by atoms with Gasteiger partial charge in [-0.2, -0.15) is 0 Å². The van der Waals surface area contributed by atoms with E-state index in [0.717, 1.165) is 4.90 Å². The van der Waals surface area contributed by atoms with Crippen LogP contribution in [0.25, 0.3) is 0 Å². The Morgan fingerprint density at radius 1 is 1.80 bits per heavy atom. The minimum absolute atomic E-state index is 0.492. The summed E-state index contributed by atoms with van der Waals surface area (Å²) in [6.07, 6.45) is 3.50. The zero-order chi connectivity index (χ0) is 11.4. The minimum Gasteiger partial charge on any atom is -0.479 e. The lowest BCUT2D eigenvalue weighted by molar-refractivity contribution is -0.146. The molecule has 82 valence electrons. The fourth-order valence-corrected chi connectivity index (χ4v) is 1.39. The Morgan fingerprint density at radius 2 is 2.47 bits per heavy atom. The van der Waals surface area contributed by atoms with E-state index in [9.17, 15) is 9.59 Å². The van der Waals surface area contributed by atoms with Crippen LogP contribution >= 0.6 is 0 Å². The molecular formula is C9H13N3O3. The van der Waals surface area contributed by atoms with Crippen molar-refractivity contribution in [2.75, 3.05) is 7.05 Å². The number of aryl methyl sites for hydroxylation is 1. The van der Waals surface area contributed by atoms with Gasteiger partial charge < -0.3 is 14.6 Å². The molecule has 0 saturated carbocycles. The maximum atomic E-state index is 11.0. The fraction of sp³-hybridized carbons (Fsp3) is 0.444. The molecule has 6 nitrogen and oxygen atoms in total. The third kappa shape index (κ3) is 2.15. The van der Waals surface area contributed by atoms with Crippen molar-refractivity contribution in [1.29, 1.82) is 0 Å². The zero-order valence-corrected chi connectivity index (χ0v) is 8.62. The molecule has 0 fully saturated rings. The predicted octanol–water partition coefficient (Wildman–Crippen LogP) is 0.117. The number of imidazole rings is 1. The number of carbonyl (C=O) groups is 2. The van der Waals surface area contributed by atoms with E-state index in [0.29, 0.717) is 18.6 Å². The first-order valence-corrected chi connectivity index (χ1v) is 4.51. The smallest absolute Gasteiger partial charge is 0.332 e. The highest BCUT2D eigenvalue weighted by Gasteiger charge is 2.26. The first kappa shape index (κ1) is 11.2. The van der Waals surface area contributed by atoms with E-state index in [1.807, 2.05) is 6.92 Å². The van der Waals surface area contributed by atoms with Gasteiger partial charge in [0.2, 0.25) is 6.41 Å². The van der Waals surface area contributed by atoms with Crippen LogP contribution in [0, 0.1) is 0 Å². The van der Waals surface area contributed by atoms with Crippen LogP contribution in [-0.4, -0.2) is 39.0 Å². The van der Waals surface area contributed by atoms with Crippen molar-refractivity contribution in [1.82, 2.24) is 14.5 Å². The Balaban J connectivity index is 3.09. The van der Waals surface area contributed by atoms with Crippen LogP contribution in [0.4, 0.5) is 0 Å². The van der Waals surface area contributed by atoms with Crippen LogP contribution in [0.5, 0.6) is 0 Å². The Labute approximate surface area is 87.1 Å². The van der Waals surface area contributed by atoms with Gasteiger partial charge in [-0.15, -0.1) is 0 Å². The quantitative estimate of drug-likeness (QED) is 0.702. The largest absolute Gasteiger partial charge is 0.479 e. The average molecular weight is 211 g/mol. The topological polar surface area (TPSA) is 75.4 Å². The van der Waals surface area contributed by atoms with Crippen molar-refractivity contribution < 1.29 is 14.7 Å². The second-order valence-corrected chi connectivity index (χ2v) is 3.12. The number of hydrogen-bond donors (Lipinski definition) is 1. The lowest BCUT2D eigenvalue weighted by atomic mass is 10.2. The van der Waals surface area contributed by atoms with E-state index in [4.69, 9.17) is 5.11 Å². The lowest BCUT2D eigenvalue weighted by Crippen LogP contribution is -2.31. The molecule has 0 radical (unpaired) electrons. The number of carboxylic acid groups (broad SMARTS) is 1. The number of hydrogen-bond acceptors (Lipinski definition) is 3. The standard InChI is InChI=1S/C9H13N3O3/c1-3-12-5-10-4-7(12)8(9(14)15)11(2)6-13/h4-6,8H,3H2,1-2H3,(H,14,15). The Bertz CT molecular complexity index is 361. The molecule has 1 aromatic rings. The van der Waals surface area contributed by atoms with Gasteiger partial charge in [-0.3, -0.25) is 4.79 Å². The van der Waals surface area contributed by atoms with E-state index in [2.05, 4.69) is 4.98 Å². The van der Waals surface area contributed by atoms with Crippen molar-refractivity contribution in [3.8, 4) is 0 Å². The van der Waals surface area contributed by atoms with Gasteiger partial charge in [0.15, 0.2) is 6.04 Å². The first-order valence-electron chi connectivity index (χ1n) is 4.51. The van der Waals surface area contributed by atoms with Gasteiger partial charge >= 0.3 is 5.97 Å². The van der Waals surface area contributed by atoms with Crippen LogP contribution in [0.3, 0.4) is 0 Å². The first-order chi connectivity index (χ1) is 7.11. The Morgan fingerprint density at radius 3 is 2.93 bits per heavy atom. The monoisotopic (exact) mass is 211 g/mol. The fourth-order valence-electron chi connectivity index (χ4n) is 1.39. The molecule has 1 N–H and O–H groups in total. The van der Waals surface area contributed by atoms with Crippen molar-refractivity contribution >= 4 is 12.4 Å². The van der Waals surface area contributed by atoms with Gasteiger partial charge in [-0.05, 0) is 6.92 Å². The summed E-state index contributed by atoms with van der Waals surface area (Å²) in [5.41, 5.74) is 0.500. The number of rotatable bonds is 5. The molecule has 1 atom stereocenters. The molecule has 0 aromatic carbocycles. The predicted molar refractivity (Wildman–Crippen MR) is 52.1 cm³/mol. The molecule has 1 aromatic heterocycles. The zero-order valence-electron chi connectivity index (χ0n) is 8.62. The molecule has 0 saturated heterocycles. The van der Waals surface area contributed by atoms with Crippen molar-refractivity contribution in [3.63, 3.8) is 0 Å². The second kappa shape index (κ2) is 4.59. The summed E-state index contributed by atoms with van der Waals surface area (Å²) >= 11 is 0. The summed E-state index contributed by atoms with van der Waals surface area (Å²) in [4.78, 5) is 26.6. The molecule has 0 aliphatic carbocycles. The third-order valence-corrected chi connectivity index (χ3v) is 2.17. The lowest BCUT2D eigenvalue weighted by Gasteiger charge is -2.21. The summed E-state index contributed by atoms with van der Waals surface area (Å²) in [7, 11) is 1.43. The molecule has 1 rings (SSSR count). The highest BCUT2D eigenvalue weighted by molar-refractivity contribution is 5.77. The molecule has 0 bridgehead atoms. The molecule has 1 unspecified atom stereocenters. The summed E-state index contributed by atoms with van der Waals surface area (Å²) in [6.45, 7) is 2.50. The van der Waals surface area contributed by atoms with Crippen LogP contribution in [0.2, 0.25) is 0 Å². The molecule has 1 heterocycles. The summed E-state index contributed by atoms with van der Waals surface area (Å²) in [6, 6.07) is -0.982. The van der Waals surface area contributed by atoms with Crippen LogP contribution in [0.1, 0.15) is 18.7 Å². The molecular weight excluding hydrogens is 198 g/mol. The van der Waals surface area contributed by atoms with Crippen molar-refractivity contribution in [2.24, 2.45) is 0 Å². The average Bonchev–Trinajstić information content (AvgIpc) is 2.65. The van der Waals surface area contributed by atoms with E-state index in [-0.39, 0.29) is 0 Å². The number of likely N-dealkylation sites (N-methyl/N-ethyl adjacent to an activating group) is 1. The van der Waals surface area contributed by atoms with Gasteiger partial charge in [-0.25, -0.2) is 9.78 Å². The maximum absolute atomic E-state index is 11.0. The molecule has 6 heteroatoms. The summed E-state index contributed by atoms with van der Waals surface area (Å²) in [5, 5.41) is 9.02. The SMILES string of the molecule is CCn1cncc1C(C(=O)O)N(C)C=O. The summed E-state index contributed by atoms with van der Waals surface area (Å²) < 4.78 is 1.69. The van der Waals surface area contributed by atoms with Crippen molar-refractivity contribution in [2.45, 2.75) is 19.5 Å². The number of nitrogens with zero attached hydrogens (tertiary/aromatic N) is 3. The van der Waals surface area contributed by atoms with Crippen LogP contribution in [-0.2, 0) is 16.1 Å². The van der Waals surface area contributed by atoms with E-state index >= 15 is 0 Å². The van der Waals surface area contributed by atoms with Gasteiger partial charge in [0.25, 0.3) is 0 Å². The molecule has 0 aliphatic heterocycles. The number of carbonyl (C=O) groups excluding carboxylic acids is 1. The van der Waals surface area contributed by atoms with E-state index in [1.165, 1.54) is 13.2 Å². The summed E-state index contributed by atoms with van der Waals surface area (Å²) in [5.74, 6) is -1.07. The normalized spacial score (nSPS) is 12.1.